The predicted molar refractivity (Wildman–Crippen MR) is 58.1 cm³/mol. The molecule has 84 valence electrons. The van der Waals surface area contributed by atoms with Crippen molar-refractivity contribution in [3.05, 3.63) is 24.2 Å². The summed E-state index contributed by atoms with van der Waals surface area (Å²) in [5.41, 5.74) is 6.07. The van der Waals surface area contributed by atoms with E-state index in [1.165, 1.54) is 0 Å². The molecule has 15 heavy (non-hydrogen) atoms. The number of carbonyl (C=O) groups excluding carboxylic acids is 1. The van der Waals surface area contributed by atoms with E-state index in [2.05, 4.69) is 0 Å². The van der Waals surface area contributed by atoms with E-state index in [4.69, 9.17) is 10.2 Å². The maximum Gasteiger partial charge on any atom is 0.242 e. The fraction of sp³-hybridized carbons (Fsp3) is 0.545. The molecule has 0 aliphatic rings. The number of nitrogens with two attached hydrogens (primary N) is 1. The third kappa shape index (κ3) is 2.83. The van der Waals surface area contributed by atoms with E-state index in [9.17, 15) is 4.79 Å². The van der Waals surface area contributed by atoms with Crippen LogP contribution in [0.5, 0.6) is 0 Å². The highest BCUT2D eigenvalue weighted by molar-refractivity contribution is 5.85. The number of hydrogen-bond acceptors (Lipinski definition) is 3. The lowest BCUT2D eigenvalue weighted by Gasteiger charge is -2.27. The van der Waals surface area contributed by atoms with Crippen molar-refractivity contribution >= 4 is 5.91 Å². The van der Waals surface area contributed by atoms with Crippen LogP contribution in [0.2, 0.25) is 0 Å². The fourth-order valence-electron chi connectivity index (χ4n) is 1.32. The Morgan fingerprint density at radius 3 is 2.80 bits per heavy atom. The van der Waals surface area contributed by atoms with Crippen molar-refractivity contribution in [3.8, 4) is 0 Å². The maximum atomic E-state index is 11.9. The Kier molecular flexibility index (Phi) is 3.52. The molecule has 0 saturated carbocycles. The van der Waals surface area contributed by atoms with Crippen molar-refractivity contribution in [3.63, 3.8) is 0 Å². The van der Waals surface area contributed by atoms with Gasteiger partial charge in [0, 0.05) is 19.2 Å². The molecule has 0 radical (unpaired) electrons. The first-order valence-electron chi connectivity index (χ1n) is 5.03. The van der Waals surface area contributed by atoms with Gasteiger partial charge in [-0.05, 0) is 19.4 Å². The van der Waals surface area contributed by atoms with Crippen LogP contribution >= 0.6 is 0 Å². The number of rotatable bonds is 4. The molecule has 0 fully saturated rings. The van der Waals surface area contributed by atoms with Crippen LogP contribution in [0.3, 0.4) is 0 Å². The summed E-state index contributed by atoms with van der Waals surface area (Å²) in [5.74, 6) is -0.0498. The standard InChI is InChI=1S/C11H18N2O2/c1-4-11(2,12)10(14)13(3)7-9-5-6-15-8-9/h5-6,8H,4,7,12H2,1-3H3. The lowest BCUT2D eigenvalue weighted by molar-refractivity contribution is -0.135. The smallest absolute Gasteiger partial charge is 0.242 e. The van der Waals surface area contributed by atoms with Gasteiger partial charge in [-0.3, -0.25) is 4.79 Å². The van der Waals surface area contributed by atoms with Gasteiger partial charge in [-0.15, -0.1) is 0 Å². The van der Waals surface area contributed by atoms with Gasteiger partial charge in [-0.25, -0.2) is 0 Å². The third-order valence-electron chi connectivity index (χ3n) is 2.57. The summed E-state index contributed by atoms with van der Waals surface area (Å²) in [6.45, 7) is 4.19. The normalized spacial score (nSPS) is 14.7. The summed E-state index contributed by atoms with van der Waals surface area (Å²) >= 11 is 0. The summed E-state index contributed by atoms with van der Waals surface area (Å²) in [4.78, 5) is 13.5. The van der Waals surface area contributed by atoms with E-state index in [0.717, 1.165) is 5.56 Å². The van der Waals surface area contributed by atoms with Crippen molar-refractivity contribution in [2.45, 2.75) is 32.4 Å². The summed E-state index contributed by atoms with van der Waals surface area (Å²) in [5, 5.41) is 0. The molecule has 1 atom stereocenters. The Bertz CT molecular complexity index is 317. The second-order valence-electron chi connectivity index (χ2n) is 4.06. The number of nitrogens with zero attached hydrogens (tertiary/aromatic N) is 1. The first-order chi connectivity index (χ1) is 6.97. The molecule has 1 unspecified atom stereocenters. The molecule has 1 rings (SSSR count). The minimum absolute atomic E-state index is 0.0498. The molecule has 0 aliphatic heterocycles. The molecule has 4 heteroatoms. The van der Waals surface area contributed by atoms with Gasteiger partial charge in [0.15, 0.2) is 0 Å². The van der Waals surface area contributed by atoms with Crippen LogP contribution in [0.25, 0.3) is 0 Å². The van der Waals surface area contributed by atoms with Gasteiger partial charge in [0.1, 0.15) is 0 Å². The molecule has 0 spiro atoms. The van der Waals surface area contributed by atoms with Gasteiger partial charge in [0.25, 0.3) is 0 Å². The van der Waals surface area contributed by atoms with Crippen molar-refractivity contribution in [2.24, 2.45) is 5.73 Å². The minimum Gasteiger partial charge on any atom is -0.472 e. The Morgan fingerprint density at radius 2 is 2.33 bits per heavy atom. The van der Waals surface area contributed by atoms with E-state index in [1.54, 1.807) is 31.4 Å². The summed E-state index contributed by atoms with van der Waals surface area (Å²) in [7, 11) is 1.75. The second kappa shape index (κ2) is 4.49. The van der Waals surface area contributed by atoms with Crippen molar-refractivity contribution < 1.29 is 9.21 Å². The number of furan rings is 1. The highest BCUT2D eigenvalue weighted by Gasteiger charge is 2.28. The Labute approximate surface area is 90.0 Å². The van der Waals surface area contributed by atoms with E-state index in [0.29, 0.717) is 13.0 Å². The van der Waals surface area contributed by atoms with E-state index < -0.39 is 5.54 Å². The molecule has 0 aromatic carbocycles. The SMILES string of the molecule is CCC(C)(N)C(=O)N(C)Cc1ccoc1. The monoisotopic (exact) mass is 210 g/mol. The van der Waals surface area contributed by atoms with Crippen LogP contribution < -0.4 is 5.73 Å². The van der Waals surface area contributed by atoms with E-state index in [-0.39, 0.29) is 5.91 Å². The Hall–Kier alpha value is -1.29. The van der Waals surface area contributed by atoms with Crippen molar-refractivity contribution in [2.75, 3.05) is 7.05 Å². The zero-order valence-electron chi connectivity index (χ0n) is 9.49. The fourth-order valence-corrected chi connectivity index (χ4v) is 1.32. The number of carbonyl (C=O) groups is 1. The quantitative estimate of drug-likeness (QED) is 0.816. The molecule has 1 heterocycles. The lowest BCUT2D eigenvalue weighted by Crippen LogP contribution is -2.51. The topological polar surface area (TPSA) is 59.5 Å². The van der Waals surface area contributed by atoms with Crippen LogP contribution in [0, 0.1) is 0 Å². The summed E-state index contributed by atoms with van der Waals surface area (Å²) in [6.07, 6.45) is 3.85. The lowest BCUT2D eigenvalue weighted by atomic mass is 9.99. The number of amides is 1. The van der Waals surface area contributed by atoms with Gasteiger partial charge in [0.05, 0.1) is 18.1 Å². The van der Waals surface area contributed by atoms with Crippen molar-refractivity contribution in [1.29, 1.82) is 0 Å². The Morgan fingerprint density at radius 1 is 1.67 bits per heavy atom. The van der Waals surface area contributed by atoms with Gasteiger partial charge >= 0.3 is 0 Å². The van der Waals surface area contributed by atoms with Gasteiger partial charge in [-0.1, -0.05) is 6.92 Å². The molecule has 4 nitrogen and oxygen atoms in total. The molecule has 1 aromatic rings. The second-order valence-corrected chi connectivity index (χ2v) is 4.06. The van der Waals surface area contributed by atoms with E-state index >= 15 is 0 Å². The maximum absolute atomic E-state index is 11.9. The van der Waals surface area contributed by atoms with Crippen LogP contribution in [0.4, 0.5) is 0 Å². The number of hydrogen-bond donors (Lipinski definition) is 1. The Balaban J connectivity index is 2.61. The molecule has 1 aromatic heterocycles. The molecule has 0 bridgehead atoms. The zero-order chi connectivity index (χ0) is 11.5. The molecule has 2 N–H and O–H groups in total. The highest BCUT2D eigenvalue weighted by Crippen LogP contribution is 2.11. The van der Waals surface area contributed by atoms with Gasteiger partial charge in [0.2, 0.25) is 5.91 Å². The largest absolute Gasteiger partial charge is 0.472 e. The molecule has 0 saturated heterocycles. The summed E-state index contributed by atoms with van der Waals surface area (Å²) in [6, 6.07) is 1.84. The van der Waals surface area contributed by atoms with E-state index in [1.807, 2.05) is 13.0 Å². The predicted octanol–water partition coefficient (Wildman–Crippen LogP) is 1.37. The molecular formula is C11H18N2O2. The average Bonchev–Trinajstić information content (AvgIpc) is 2.69. The third-order valence-corrected chi connectivity index (χ3v) is 2.57. The summed E-state index contributed by atoms with van der Waals surface area (Å²) < 4.78 is 4.94. The number of likely N-dealkylation sites (N-methyl/N-ethyl adjacent to an activating group) is 1. The molecule has 1 amide bonds. The van der Waals surface area contributed by atoms with Crippen LogP contribution in [0.1, 0.15) is 25.8 Å². The average molecular weight is 210 g/mol. The van der Waals surface area contributed by atoms with Crippen LogP contribution in [-0.2, 0) is 11.3 Å². The van der Waals surface area contributed by atoms with Gasteiger partial charge in [-0.2, -0.15) is 0 Å². The first kappa shape index (κ1) is 11.8. The van der Waals surface area contributed by atoms with Gasteiger partial charge < -0.3 is 15.1 Å². The molecular weight excluding hydrogens is 192 g/mol. The zero-order valence-corrected chi connectivity index (χ0v) is 9.49. The minimum atomic E-state index is -0.779. The van der Waals surface area contributed by atoms with Crippen molar-refractivity contribution in [1.82, 2.24) is 4.90 Å². The first-order valence-corrected chi connectivity index (χ1v) is 5.03. The van der Waals surface area contributed by atoms with Crippen LogP contribution in [-0.4, -0.2) is 23.4 Å². The van der Waals surface area contributed by atoms with Crippen LogP contribution in [0.15, 0.2) is 23.0 Å². The highest BCUT2D eigenvalue weighted by atomic mass is 16.3. The molecule has 0 aliphatic carbocycles.